The van der Waals surface area contributed by atoms with Gasteiger partial charge in [-0.2, -0.15) is 9.78 Å². The van der Waals surface area contributed by atoms with Gasteiger partial charge in [-0.3, -0.25) is 9.69 Å². The summed E-state index contributed by atoms with van der Waals surface area (Å²) in [6, 6.07) is 4.46. The zero-order valence-corrected chi connectivity index (χ0v) is 17.0. The minimum atomic E-state index is -0.609. The van der Waals surface area contributed by atoms with Crippen LogP contribution < -0.4 is 11.2 Å². The first-order chi connectivity index (χ1) is 14.4. The third-order valence-electron chi connectivity index (χ3n) is 4.28. The second-order valence-electron chi connectivity index (χ2n) is 6.13. The van der Waals surface area contributed by atoms with Crippen molar-refractivity contribution < 1.29 is 14.5 Å². The SMILES string of the molecule is CCN(CC)Cc1nnn(-c2nonc2N)c1C(=O)N/N=C\c1cc(Cl)ccc1O. The molecule has 4 N–H and O–H groups in total. The second-order valence-corrected chi connectivity index (χ2v) is 6.57. The van der Waals surface area contributed by atoms with Crippen molar-refractivity contribution in [3.63, 3.8) is 0 Å². The maximum Gasteiger partial charge on any atom is 0.292 e. The largest absolute Gasteiger partial charge is 0.507 e. The minimum Gasteiger partial charge on any atom is -0.507 e. The lowest BCUT2D eigenvalue weighted by Crippen LogP contribution is -2.27. The van der Waals surface area contributed by atoms with Gasteiger partial charge in [-0.25, -0.2) is 10.1 Å². The Kier molecular flexibility index (Phi) is 6.59. The van der Waals surface area contributed by atoms with Crippen molar-refractivity contribution in [3.8, 4) is 11.6 Å². The first-order valence-corrected chi connectivity index (χ1v) is 9.39. The summed E-state index contributed by atoms with van der Waals surface area (Å²) in [5, 5.41) is 29.4. The number of nitrogen functional groups attached to an aromatic ring is 1. The molecule has 30 heavy (non-hydrogen) atoms. The maximum atomic E-state index is 12.9. The minimum absolute atomic E-state index is 0.0345. The number of anilines is 1. The van der Waals surface area contributed by atoms with E-state index < -0.39 is 5.91 Å². The summed E-state index contributed by atoms with van der Waals surface area (Å²) in [6.07, 6.45) is 1.27. The summed E-state index contributed by atoms with van der Waals surface area (Å²) >= 11 is 5.91. The molecule has 1 amide bonds. The molecule has 3 aromatic rings. The highest BCUT2D eigenvalue weighted by Crippen LogP contribution is 2.20. The number of hydrogen-bond donors (Lipinski definition) is 3. The number of phenolic OH excluding ortho intramolecular Hbond substituents is 1. The molecule has 0 bridgehead atoms. The van der Waals surface area contributed by atoms with E-state index in [1.54, 1.807) is 0 Å². The van der Waals surface area contributed by atoms with Crippen LogP contribution in [-0.4, -0.2) is 60.5 Å². The van der Waals surface area contributed by atoms with Gasteiger partial charge in [0.2, 0.25) is 11.6 Å². The van der Waals surface area contributed by atoms with Gasteiger partial charge in [0.25, 0.3) is 5.91 Å². The highest BCUT2D eigenvalue weighted by molar-refractivity contribution is 6.30. The number of aromatic hydroxyl groups is 1. The molecule has 2 heterocycles. The van der Waals surface area contributed by atoms with Gasteiger partial charge in [-0.05, 0) is 41.6 Å². The zero-order chi connectivity index (χ0) is 21.7. The fourth-order valence-electron chi connectivity index (χ4n) is 2.63. The Hall–Kier alpha value is -3.51. The molecular weight excluding hydrogens is 414 g/mol. The molecule has 13 heteroatoms. The lowest BCUT2D eigenvalue weighted by atomic mass is 10.2. The molecular formula is C17H20ClN9O3. The molecule has 0 atom stereocenters. The Bertz CT molecular complexity index is 1060. The molecule has 1 aromatic carbocycles. The van der Waals surface area contributed by atoms with Crippen molar-refractivity contribution in [3.05, 3.63) is 40.2 Å². The molecule has 0 aliphatic heterocycles. The Morgan fingerprint density at radius 1 is 1.40 bits per heavy atom. The average Bonchev–Trinajstić information content (AvgIpc) is 3.34. The Balaban J connectivity index is 1.90. The van der Waals surface area contributed by atoms with E-state index >= 15 is 0 Å². The van der Waals surface area contributed by atoms with Crippen molar-refractivity contribution in [2.45, 2.75) is 20.4 Å². The topological polar surface area (TPSA) is 161 Å². The van der Waals surface area contributed by atoms with Crippen LogP contribution in [0.1, 0.15) is 35.6 Å². The second kappa shape index (κ2) is 9.33. The van der Waals surface area contributed by atoms with Gasteiger partial charge < -0.3 is 10.8 Å². The highest BCUT2D eigenvalue weighted by Gasteiger charge is 2.25. The molecule has 2 aromatic heterocycles. The summed E-state index contributed by atoms with van der Waals surface area (Å²) < 4.78 is 5.75. The summed E-state index contributed by atoms with van der Waals surface area (Å²) in [7, 11) is 0. The predicted octanol–water partition coefficient (Wildman–Crippen LogP) is 1.20. The molecule has 0 saturated heterocycles. The third kappa shape index (κ3) is 4.55. The number of benzene rings is 1. The summed E-state index contributed by atoms with van der Waals surface area (Å²) in [4.78, 5) is 15.0. The number of amides is 1. The van der Waals surface area contributed by atoms with E-state index in [2.05, 4.69) is 40.7 Å². The molecule has 12 nitrogen and oxygen atoms in total. The van der Waals surface area contributed by atoms with Crippen LogP contribution in [0.15, 0.2) is 27.9 Å². The van der Waals surface area contributed by atoms with E-state index in [0.717, 1.165) is 17.8 Å². The highest BCUT2D eigenvalue weighted by atomic mass is 35.5. The van der Waals surface area contributed by atoms with Gasteiger partial charge in [0.1, 0.15) is 11.4 Å². The van der Waals surface area contributed by atoms with Gasteiger partial charge in [0.15, 0.2) is 5.69 Å². The molecule has 0 spiro atoms. The van der Waals surface area contributed by atoms with Crippen LogP contribution in [0.3, 0.4) is 0 Å². The summed E-state index contributed by atoms with van der Waals surface area (Å²) in [5.41, 5.74) is 8.95. The molecule has 0 radical (unpaired) electrons. The van der Waals surface area contributed by atoms with Crippen LogP contribution in [0.4, 0.5) is 5.82 Å². The number of aromatic nitrogens is 5. The monoisotopic (exact) mass is 433 g/mol. The number of hydrogen-bond acceptors (Lipinski definition) is 10. The van der Waals surface area contributed by atoms with Crippen molar-refractivity contribution in [2.75, 3.05) is 18.8 Å². The lowest BCUT2D eigenvalue weighted by molar-refractivity contribution is 0.0945. The summed E-state index contributed by atoms with van der Waals surface area (Å²) in [5.74, 6) is -0.652. The van der Waals surface area contributed by atoms with Crippen LogP contribution in [0.5, 0.6) is 5.75 Å². The number of carbonyl (C=O) groups excluding carboxylic acids is 1. The number of phenols is 1. The number of nitrogens with two attached hydrogens (primary N) is 1. The molecule has 3 rings (SSSR count). The van der Waals surface area contributed by atoms with Crippen LogP contribution in [0, 0.1) is 0 Å². The van der Waals surface area contributed by atoms with E-state index in [4.69, 9.17) is 17.3 Å². The van der Waals surface area contributed by atoms with Gasteiger partial charge in [-0.15, -0.1) is 5.10 Å². The molecule has 158 valence electrons. The van der Waals surface area contributed by atoms with Gasteiger partial charge in [0, 0.05) is 17.1 Å². The van der Waals surface area contributed by atoms with Crippen molar-refractivity contribution in [1.82, 2.24) is 35.6 Å². The normalized spacial score (nSPS) is 11.5. The zero-order valence-electron chi connectivity index (χ0n) is 16.3. The van der Waals surface area contributed by atoms with Crippen LogP contribution in [-0.2, 0) is 6.54 Å². The maximum absolute atomic E-state index is 12.9. The van der Waals surface area contributed by atoms with E-state index in [-0.39, 0.29) is 23.1 Å². The smallest absolute Gasteiger partial charge is 0.292 e. The molecule has 0 unspecified atom stereocenters. The van der Waals surface area contributed by atoms with Crippen molar-refractivity contribution >= 4 is 29.5 Å². The number of nitrogens with one attached hydrogen (secondary N) is 1. The van der Waals surface area contributed by atoms with Crippen molar-refractivity contribution in [2.24, 2.45) is 5.10 Å². The van der Waals surface area contributed by atoms with Crippen LogP contribution in [0.2, 0.25) is 5.02 Å². The van der Waals surface area contributed by atoms with E-state index in [1.807, 2.05) is 13.8 Å². The van der Waals surface area contributed by atoms with E-state index in [9.17, 15) is 9.90 Å². The van der Waals surface area contributed by atoms with Gasteiger partial charge >= 0.3 is 0 Å². The molecule has 0 aliphatic rings. The van der Waals surface area contributed by atoms with Crippen molar-refractivity contribution in [1.29, 1.82) is 0 Å². The number of rotatable bonds is 8. The molecule has 0 saturated carbocycles. The summed E-state index contributed by atoms with van der Waals surface area (Å²) in [6.45, 7) is 5.87. The first kappa shape index (κ1) is 21.2. The van der Waals surface area contributed by atoms with E-state index in [0.29, 0.717) is 22.8 Å². The Labute approximate surface area is 176 Å². The number of carbonyl (C=O) groups is 1. The first-order valence-electron chi connectivity index (χ1n) is 9.01. The number of hydrazone groups is 1. The van der Waals surface area contributed by atoms with Gasteiger partial charge in [0.05, 0.1) is 6.21 Å². The van der Waals surface area contributed by atoms with E-state index in [1.165, 1.54) is 24.4 Å². The number of halogens is 1. The third-order valence-corrected chi connectivity index (χ3v) is 4.51. The molecule has 0 fully saturated rings. The number of nitrogens with zero attached hydrogens (tertiary/aromatic N) is 7. The lowest BCUT2D eigenvalue weighted by Gasteiger charge is -2.16. The predicted molar refractivity (Wildman–Crippen MR) is 108 cm³/mol. The van der Waals surface area contributed by atoms with Crippen LogP contribution in [0.25, 0.3) is 5.82 Å². The fourth-order valence-corrected chi connectivity index (χ4v) is 2.81. The Morgan fingerprint density at radius 3 is 2.83 bits per heavy atom. The van der Waals surface area contributed by atoms with Gasteiger partial charge in [-0.1, -0.05) is 30.7 Å². The fraction of sp³-hybridized carbons (Fsp3) is 0.294. The van der Waals surface area contributed by atoms with Crippen LogP contribution >= 0.6 is 11.6 Å². The Morgan fingerprint density at radius 2 is 2.17 bits per heavy atom. The average molecular weight is 434 g/mol. The standard InChI is InChI=1S/C17H20ClN9O3/c1-3-26(4-2)9-12-14(27(25-21-12)16-15(19)23-30-24-16)17(29)22-20-8-10-7-11(18)5-6-13(10)28/h5-8,28H,3-4,9H2,1-2H3,(H2,19,23)(H,22,29)/b20-8-. The molecule has 0 aliphatic carbocycles. The quantitative estimate of drug-likeness (QED) is 0.350.